The molecule has 0 bridgehead atoms. The van der Waals surface area contributed by atoms with E-state index in [1.165, 1.54) is 39.9 Å². The first kappa shape index (κ1) is 32.6. The number of phenolic OH excluding ortho intramolecular Hbond substituents is 1. The van der Waals surface area contributed by atoms with E-state index >= 15 is 0 Å². The van der Waals surface area contributed by atoms with E-state index in [2.05, 4.69) is 58.0 Å². The van der Waals surface area contributed by atoms with Gasteiger partial charge in [-0.15, -0.1) is 12.4 Å². The molecule has 44 heavy (non-hydrogen) atoms. The van der Waals surface area contributed by atoms with Gasteiger partial charge in [0.1, 0.15) is 11.5 Å². The summed E-state index contributed by atoms with van der Waals surface area (Å²) < 4.78 is 15.6. The topological polar surface area (TPSA) is 57.6 Å². The third kappa shape index (κ3) is 6.44. The maximum absolute atomic E-state index is 9.50. The molecule has 2 fully saturated rings. The Bertz CT molecular complexity index is 1400. The zero-order valence-corrected chi connectivity index (χ0v) is 27.5. The highest BCUT2D eigenvalue weighted by atomic mass is 35.5. The Balaban J connectivity index is 0.000000185. The molecule has 0 atom stereocenters. The van der Waals surface area contributed by atoms with Gasteiger partial charge < -0.3 is 24.2 Å². The minimum atomic E-state index is 0. The lowest BCUT2D eigenvalue weighted by Gasteiger charge is -2.49. The van der Waals surface area contributed by atoms with E-state index in [4.69, 9.17) is 14.2 Å². The van der Waals surface area contributed by atoms with Crippen molar-refractivity contribution in [2.24, 2.45) is 0 Å². The van der Waals surface area contributed by atoms with Crippen molar-refractivity contribution in [3.63, 3.8) is 0 Å². The third-order valence-electron chi connectivity index (χ3n) is 9.95. The molecule has 0 unspecified atom stereocenters. The fraction of sp³-hybridized carbons (Fsp3) is 0.500. The molecule has 7 rings (SSSR count). The number of phenols is 1. The number of hydrogen-bond acceptors (Lipinski definition) is 7. The second-order valence-corrected chi connectivity index (χ2v) is 13.0. The molecule has 0 amide bonds. The van der Waals surface area contributed by atoms with Crippen LogP contribution in [0, 0.1) is 6.92 Å². The van der Waals surface area contributed by atoms with Crippen molar-refractivity contribution < 1.29 is 19.3 Å². The summed E-state index contributed by atoms with van der Waals surface area (Å²) in [4.78, 5) is 7.51. The molecule has 3 heterocycles. The van der Waals surface area contributed by atoms with Crippen LogP contribution >= 0.6 is 12.4 Å². The maximum Gasteiger partial charge on any atom is 0.118 e. The van der Waals surface area contributed by atoms with Gasteiger partial charge in [-0.05, 0) is 77.9 Å². The lowest BCUT2D eigenvalue weighted by Crippen LogP contribution is -2.61. The number of halogens is 1. The van der Waals surface area contributed by atoms with Gasteiger partial charge in [-0.2, -0.15) is 0 Å². The minimum Gasteiger partial charge on any atom is -0.508 e. The number of aromatic hydroxyl groups is 1. The van der Waals surface area contributed by atoms with Gasteiger partial charge in [-0.1, -0.05) is 30.3 Å². The first-order chi connectivity index (χ1) is 20.9. The smallest absolute Gasteiger partial charge is 0.118 e. The Morgan fingerprint density at radius 2 is 1.39 bits per heavy atom. The largest absolute Gasteiger partial charge is 0.508 e. The summed E-state index contributed by atoms with van der Waals surface area (Å²) >= 11 is 0. The lowest BCUT2D eigenvalue weighted by atomic mass is 9.75. The SMILES string of the molecule is COCCN1CC2(C1)CN(Cc1ccc(OC)cc1)c1cc(C)ccc12.COCCN1CC2(CCc3cc(O)ccc32)C1.Cl. The van der Waals surface area contributed by atoms with Gasteiger partial charge in [0, 0.05) is 83.1 Å². The molecule has 3 aromatic carbocycles. The Kier molecular flexibility index (Phi) is 10.1. The van der Waals surface area contributed by atoms with Crippen LogP contribution in [-0.4, -0.2) is 95.3 Å². The molecular weight excluding hydrogens is 574 g/mol. The van der Waals surface area contributed by atoms with E-state index in [0.717, 1.165) is 77.7 Å². The van der Waals surface area contributed by atoms with Crippen LogP contribution in [-0.2, 0) is 33.3 Å². The Morgan fingerprint density at radius 1 is 0.750 bits per heavy atom. The predicted molar refractivity (Wildman–Crippen MR) is 179 cm³/mol. The van der Waals surface area contributed by atoms with Crippen molar-refractivity contribution in [2.45, 2.75) is 37.1 Å². The number of fused-ring (bicyclic) bond motifs is 4. The highest BCUT2D eigenvalue weighted by Crippen LogP contribution is 2.48. The van der Waals surface area contributed by atoms with Crippen molar-refractivity contribution in [2.75, 3.05) is 85.3 Å². The summed E-state index contributed by atoms with van der Waals surface area (Å²) in [5.74, 6) is 1.31. The van der Waals surface area contributed by atoms with Gasteiger partial charge in [-0.25, -0.2) is 0 Å². The van der Waals surface area contributed by atoms with Gasteiger partial charge in [0.05, 0.1) is 20.3 Å². The Hall–Kier alpha value is -2.81. The molecule has 3 aliphatic heterocycles. The van der Waals surface area contributed by atoms with Gasteiger partial charge >= 0.3 is 0 Å². The number of hydrogen-bond donors (Lipinski definition) is 1. The standard InChI is InChI=1S/C22H28N2O2.C14H19NO2.ClH/c1-17-4-9-20-21(12-17)24(13-18-5-7-19(26-3)8-6-18)16-22(20)14-23(15-22)10-11-25-2;1-17-7-6-15-9-14(10-15)5-4-11-8-12(16)2-3-13(11)14;/h4-9,12H,10-11,13-16H2,1-3H3;2-3,8,16H,4-7,9-10H2,1H3;1H. The van der Waals surface area contributed by atoms with Crippen molar-refractivity contribution in [3.8, 4) is 11.5 Å². The molecule has 1 aliphatic carbocycles. The van der Waals surface area contributed by atoms with E-state index < -0.39 is 0 Å². The van der Waals surface area contributed by atoms with Gasteiger partial charge in [0.2, 0.25) is 0 Å². The van der Waals surface area contributed by atoms with E-state index in [-0.39, 0.29) is 17.8 Å². The molecular formula is C36H48ClN3O4. The summed E-state index contributed by atoms with van der Waals surface area (Å²) in [6.07, 6.45) is 2.34. The third-order valence-corrected chi connectivity index (χ3v) is 9.95. The molecule has 8 heteroatoms. The van der Waals surface area contributed by atoms with E-state index in [0.29, 0.717) is 11.2 Å². The van der Waals surface area contributed by atoms with Crippen molar-refractivity contribution in [1.29, 1.82) is 0 Å². The Labute approximate surface area is 269 Å². The minimum absolute atomic E-state index is 0. The highest BCUT2D eigenvalue weighted by Gasteiger charge is 2.51. The zero-order valence-electron chi connectivity index (χ0n) is 26.7. The summed E-state index contributed by atoms with van der Waals surface area (Å²) in [7, 11) is 5.24. The van der Waals surface area contributed by atoms with Gasteiger partial charge in [0.15, 0.2) is 0 Å². The zero-order chi connectivity index (χ0) is 30.0. The average molecular weight is 622 g/mol. The van der Waals surface area contributed by atoms with Crippen molar-refractivity contribution >= 4 is 18.1 Å². The Morgan fingerprint density at radius 3 is 2.02 bits per heavy atom. The fourth-order valence-electron chi connectivity index (χ4n) is 7.77. The molecule has 0 saturated carbocycles. The van der Waals surface area contributed by atoms with Crippen LogP contribution in [0.3, 0.4) is 0 Å². The quantitative estimate of drug-likeness (QED) is 0.353. The number of ether oxygens (including phenoxy) is 3. The maximum atomic E-state index is 9.50. The molecule has 3 aromatic rings. The normalized spacial score (nSPS) is 19.0. The first-order valence-electron chi connectivity index (χ1n) is 15.6. The van der Waals surface area contributed by atoms with Gasteiger partial charge in [-0.3, -0.25) is 9.80 Å². The first-order valence-corrected chi connectivity index (χ1v) is 15.6. The second-order valence-electron chi connectivity index (χ2n) is 13.0. The fourth-order valence-corrected chi connectivity index (χ4v) is 7.77. The molecule has 7 nitrogen and oxygen atoms in total. The summed E-state index contributed by atoms with van der Waals surface area (Å²) in [5, 5.41) is 9.50. The van der Waals surface area contributed by atoms with Crippen LogP contribution in [0.1, 0.15) is 34.2 Å². The summed E-state index contributed by atoms with van der Waals surface area (Å²) in [6.45, 7) is 12.5. The second kappa shape index (κ2) is 13.7. The number of methoxy groups -OCH3 is 3. The predicted octanol–water partition coefficient (Wildman–Crippen LogP) is 5.18. The molecule has 1 N–H and O–H groups in total. The van der Waals surface area contributed by atoms with Gasteiger partial charge in [0.25, 0.3) is 0 Å². The highest BCUT2D eigenvalue weighted by molar-refractivity contribution is 5.85. The number of anilines is 1. The van der Waals surface area contributed by atoms with Crippen LogP contribution in [0.5, 0.6) is 11.5 Å². The van der Waals surface area contributed by atoms with E-state index in [9.17, 15) is 5.11 Å². The number of rotatable bonds is 9. The number of nitrogens with zero attached hydrogens (tertiary/aromatic N) is 3. The van der Waals surface area contributed by atoms with Crippen LogP contribution in [0.25, 0.3) is 0 Å². The molecule has 0 aromatic heterocycles. The lowest BCUT2D eigenvalue weighted by molar-refractivity contribution is 0.0398. The van der Waals surface area contributed by atoms with E-state index in [1.807, 2.05) is 24.3 Å². The molecule has 2 spiro atoms. The van der Waals surface area contributed by atoms with Crippen molar-refractivity contribution in [3.05, 3.63) is 88.5 Å². The number of benzene rings is 3. The van der Waals surface area contributed by atoms with Crippen LogP contribution in [0.4, 0.5) is 5.69 Å². The average Bonchev–Trinajstić information content (AvgIpc) is 3.50. The van der Waals surface area contributed by atoms with Crippen LogP contribution in [0.15, 0.2) is 60.7 Å². The monoisotopic (exact) mass is 621 g/mol. The van der Waals surface area contributed by atoms with Crippen molar-refractivity contribution in [1.82, 2.24) is 9.80 Å². The number of likely N-dealkylation sites (tertiary alicyclic amines) is 2. The number of aryl methyl sites for hydroxylation is 2. The van der Waals surface area contributed by atoms with Crippen LogP contribution < -0.4 is 9.64 Å². The molecule has 4 aliphatic rings. The molecule has 2 saturated heterocycles. The van der Waals surface area contributed by atoms with Crippen LogP contribution in [0.2, 0.25) is 0 Å². The summed E-state index contributed by atoms with van der Waals surface area (Å²) in [6, 6.07) is 21.3. The molecule has 0 radical (unpaired) electrons. The molecule has 238 valence electrons. The van der Waals surface area contributed by atoms with E-state index in [1.54, 1.807) is 21.3 Å². The summed E-state index contributed by atoms with van der Waals surface area (Å²) in [5.41, 5.74) is 9.04.